The van der Waals surface area contributed by atoms with Crippen LogP contribution in [0.4, 0.5) is 4.39 Å². The lowest BCUT2D eigenvalue weighted by atomic mass is 9.83. The van der Waals surface area contributed by atoms with Gasteiger partial charge in [-0.3, -0.25) is 0 Å². The molecule has 0 N–H and O–H groups in total. The van der Waals surface area contributed by atoms with E-state index in [4.69, 9.17) is 24.9 Å². The molecule has 0 radical (unpaired) electrons. The third-order valence-corrected chi connectivity index (χ3v) is 4.25. The Morgan fingerprint density at radius 1 is 1.30 bits per heavy atom. The van der Waals surface area contributed by atoms with E-state index >= 15 is 4.39 Å². The number of hydrogen-bond donors (Lipinski definition) is 0. The van der Waals surface area contributed by atoms with E-state index in [1.54, 1.807) is 12.1 Å². The molecule has 1 saturated heterocycles. The van der Waals surface area contributed by atoms with Crippen LogP contribution >= 0.6 is 0 Å². The van der Waals surface area contributed by atoms with Crippen molar-refractivity contribution >= 4 is 12.7 Å². The van der Waals surface area contributed by atoms with E-state index in [0.717, 1.165) is 0 Å². The third-order valence-electron chi connectivity index (χ3n) is 4.25. The van der Waals surface area contributed by atoms with Crippen LogP contribution in [0.2, 0.25) is 0 Å². The fraction of sp³-hybridized carbons (Fsp3) is 0.529. The van der Waals surface area contributed by atoms with Gasteiger partial charge in [-0.05, 0) is 39.8 Å². The lowest BCUT2D eigenvalue weighted by Gasteiger charge is -2.32. The minimum atomic E-state index is -1.06. The van der Waals surface area contributed by atoms with Crippen LogP contribution in [0.3, 0.4) is 0 Å². The van der Waals surface area contributed by atoms with Crippen molar-refractivity contribution in [1.82, 2.24) is 0 Å². The molecule has 4 nitrogen and oxygen atoms in total. The first kappa shape index (κ1) is 17.8. The Hall–Kier alpha value is -1.55. The van der Waals surface area contributed by atoms with Crippen LogP contribution in [-0.2, 0) is 14.0 Å². The molecule has 0 spiro atoms. The molecular weight excluding hydrogens is 298 g/mol. The maximum absolute atomic E-state index is 15.0. The van der Waals surface area contributed by atoms with E-state index < -0.39 is 24.0 Å². The third kappa shape index (κ3) is 3.87. The summed E-state index contributed by atoms with van der Waals surface area (Å²) in [6.07, 6.45) is 6.95. The van der Waals surface area contributed by atoms with E-state index in [-0.39, 0.29) is 13.2 Å². The molecule has 1 fully saturated rings. The number of hydrogen-bond acceptors (Lipinski definition) is 4. The van der Waals surface area contributed by atoms with Crippen LogP contribution in [0.5, 0.6) is 0 Å². The van der Waals surface area contributed by atoms with Gasteiger partial charge >= 0.3 is 7.12 Å². The average molecular weight is 320 g/mol. The summed E-state index contributed by atoms with van der Waals surface area (Å²) in [6, 6.07) is 3.40. The van der Waals surface area contributed by atoms with Gasteiger partial charge in [-0.1, -0.05) is 5.92 Å². The van der Waals surface area contributed by atoms with Crippen molar-refractivity contribution in [2.75, 3.05) is 13.2 Å². The molecule has 1 aromatic rings. The number of terminal acetylenes is 1. The first-order chi connectivity index (χ1) is 10.8. The van der Waals surface area contributed by atoms with Crippen molar-refractivity contribution in [3.05, 3.63) is 29.9 Å². The van der Waals surface area contributed by atoms with Crippen molar-refractivity contribution in [3.63, 3.8) is 0 Å². The standard InChI is InChI=1S/C17H22BFO4/c1-6-10-20-12-9-13(14-8-7-11-21-14)15(19)18-22-16(2,3)17(4,5)23-18/h1,7-8,11H,9-10,12H2,2-5H3. The summed E-state index contributed by atoms with van der Waals surface area (Å²) in [5.41, 5.74) is -1.35. The van der Waals surface area contributed by atoms with Crippen LogP contribution in [0, 0.1) is 12.3 Å². The Morgan fingerprint density at radius 2 is 1.96 bits per heavy atom. The van der Waals surface area contributed by atoms with Gasteiger partial charge in [0.15, 0.2) is 0 Å². The molecule has 0 unspecified atom stereocenters. The molecule has 2 heterocycles. The quantitative estimate of drug-likeness (QED) is 0.456. The molecule has 0 amide bonds. The largest absolute Gasteiger partial charge is 0.525 e. The predicted molar refractivity (Wildman–Crippen MR) is 87.1 cm³/mol. The van der Waals surface area contributed by atoms with Gasteiger partial charge in [0.05, 0.1) is 24.1 Å². The van der Waals surface area contributed by atoms with Crippen LogP contribution in [0.15, 0.2) is 28.5 Å². The second kappa shape index (κ2) is 6.92. The highest BCUT2D eigenvalue weighted by Crippen LogP contribution is 2.40. The van der Waals surface area contributed by atoms with Crippen molar-refractivity contribution < 1.29 is 22.9 Å². The van der Waals surface area contributed by atoms with Gasteiger partial charge in [0.1, 0.15) is 18.1 Å². The molecule has 1 aliphatic heterocycles. The SMILES string of the molecule is C#CCOCCC(=C(F)B1OC(C)(C)C(C)(C)O1)c1ccco1. The molecule has 124 valence electrons. The lowest BCUT2D eigenvalue weighted by Crippen LogP contribution is -2.41. The van der Waals surface area contributed by atoms with Gasteiger partial charge in [-0.15, -0.1) is 6.42 Å². The molecule has 6 heteroatoms. The molecule has 0 bridgehead atoms. The Morgan fingerprint density at radius 3 is 2.48 bits per heavy atom. The first-order valence-electron chi connectivity index (χ1n) is 7.58. The fourth-order valence-corrected chi connectivity index (χ4v) is 2.20. The highest BCUT2D eigenvalue weighted by atomic mass is 19.1. The molecule has 23 heavy (non-hydrogen) atoms. The van der Waals surface area contributed by atoms with Crippen LogP contribution in [0.25, 0.3) is 5.57 Å². The van der Waals surface area contributed by atoms with Crippen LogP contribution < -0.4 is 0 Å². The van der Waals surface area contributed by atoms with E-state index in [1.807, 2.05) is 27.7 Å². The van der Waals surface area contributed by atoms with Crippen LogP contribution in [-0.4, -0.2) is 31.5 Å². The monoisotopic (exact) mass is 320 g/mol. The second-order valence-corrected chi connectivity index (χ2v) is 6.40. The van der Waals surface area contributed by atoms with Gasteiger partial charge in [0, 0.05) is 12.0 Å². The van der Waals surface area contributed by atoms with Crippen molar-refractivity contribution in [2.24, 2.45) is 0 Å². The van der Waals surface area contributed by atoms with Crippen LogP contribution in [0.1, 0.15) is 39.9 Å². The highest BCUT2D eigenvalue weighted by Gasteiger charge is 2.53. The Balaban J connectivity index is 2.23. The van der Waals surface area contributed by atoms with Gasteiger partial charge in [0.2, 0.25) is 0 Å². The van der Waals surface area contributed by atoms with Gasteiger partial charge in [-0.25, -0.2) is 4.39 Å². The first-order valence-corrected chi connectivity index (χ1v) is 7.58. The molecule has 1 aromatic heterocycles. The molecule has 0 atom stereocenters. The fourth-order valence-electron chi connectivity index (χ4n) is 2.20. The lowest BCUT2D eigenvalue weighted by molar-refractivity contribution is 0.00578. The van der Waals surface area contributed by atoms with Gasteiger partial charge in [-0.2, -0.15) is 0 Å². The Labute approximate surface area is 137 Å². The van der Waals surface area contributed by atoms with Crippen molar-refractivity contribution in [3.8, 4) is 12.3 Å². The zero-order valence-corrected chi connectivity index (χ0v) is 14.0. The maximum atomic E-state index is 15.0. The summed E-state index contributed by atoms with van der Waals surface area (Å²) < 4.78 is 37.1. The summed E-state index contributed by atoms with van der Waals surface area (Å²) >= 11 is 0. The number of ether oxygens (including phenoxy) is 1. The second-order valence-electron chi connectivity index (χ2n) is 6.40. The molecule has 2 rings (SSSR count). The predicted octanol–water partition coefficient (Wildman–Crippen LogP) is 3.63. The maximum Gasteiger partial charge on any atom is 0.525 e. The van der Waals surface area contributed by atoms with Crippen molar-refractivity contribution in [1.29, 1.82) is 0 Å². The Bertz CT molecular complexity index is 583. The zero-order valence-electron chi connectivity index (χ0n) is 14.0. The zero-order chi connectivity index (χ0) is 17.1. The molecular formula is C17H22BFO4. The summed E-state index contributed by atoms with van der Waals surface area (Å²) in [6.45, 7) is 7.98. The molecule has 0 saturated carbocycles. The summed E-state index contributed by atoms with van der Waals surface area (Å²) in [5.74, 6) is 2.81. The van der Waals surface area contributed by atoms with Crippen molar-refractivity contribution in [2.45, 2.75) is 45.3 Å². The van der Waals surface area contributed by atoms with Gasteiger partial charge < -0.3 is 18.5 Å². The van der Waals surface area contributed by atoms with E-state index in [0.29, 0.717) is 17.8 Å². The average Bonchev–Trinajstić information content (AvgIpc) is 3.05. The number of rotatable bonds is 6. The smallest absolute Gasteiger partial charge is 0.465 e. The molecule has 0 aliphatic carbocycles. The Kier molecular flexibility index (Phi) is 5.35. The number of furan rings is 1. The highest BCUT2D eigenvalue weighted by molar-refractivity contribution is 6.55. The van der Waals surface area contributed by atoms with Gasteiger partial charge in [0.25, 0.3) is 0 Å². The summed E-state index contributed by atoms with van der Waals surface area (Å²) in [7, 11) is -1.06. The van der Waals surface area contributed by atoms with E-state index in [1.165, 1.54) is 6.26 Å². The number of halogens is 1. The normalized spacial score (nSPS) is 20.3. The summed E-state index contributed by atoms with van der Waals surface area (Å²) in [4.78, 5) is 0. The topological polar surface area (TPSA) is 40.8 Å². The minimum Gasteiger partial charge on any atom is -0.465 e. The minimum absolute atomic E-state index is 0.184. The van der Waals surface area contributed by atoms with E-state index in [9.17, 15) is 0 Å². The molecule has 1 aliphatic rings. The van der Waals surface area contributed by atoms with E-state index in [2.05, 4.69) is 5.92 Å². The summed E-state index contributed by atoms with van der Waals surface area (Å²) in [5, 5.41) is 0. The molecule has 0 aromatic carbocycles.